The molecule has 1 aromatic heterocycles. The quantitative estimate of drug-likeness (QED) is 0.756. The molecule has 0 unspecified atom stereocenters. The zero-order chi connectivity index (χ0) is 15.8. The molecular weight excluding hydrogens is 300 g/mol. The Hall–Kier alpha value is -1.95. The van der Waals surface area contributed by atoms with Crippen LogP contribution in [0.3, 0.4) is 0 Å². The summed E-state index contributed by atoms with van der Waals surface area (Å²) in [6.45, 7) is 1.79. The molecule has 0 aliphatic rings. The van der Waals surface area contributed by atoms with Gasteiger partial charge in [0.2, 0.25) is 5.91 Å². The molecule has 0 bridgehead atoms. The van der Waals surface area contributed by atoms with Crippen LogP contribution in [0.1, 0.15) is 17.7 Å². The number of benzene rings is 1. The standard InChI is InChI=1S/C16H20N2O3S/c1-12-11-15(18-21-12)17-16(19)8-10-22-9-7-13-3-5-14(20-2)6-4-13/h3-6,11H,7-10H2,1-2H3,(H,17,18,19). The number of nitrogens with one attached hydrogen (secondary N) is 1. The number of nitrogens with zero attached hydrogens (tertiary/aromatic N) is 1. The van der Waals surface area contributed by atoms with Gasteiger partial charge in [-0.15, -0.1) is 0 Å². The first-order valence-corrected chi connectivity index (χ1v) is 8.26. The highest BCUT2D eigenvalue weighted by Gasteiger charge is 2.05. The van der Waals surface area contributed by atoms with E-state index in [1.54, 1.807) is 31.9 Å². The third kappa shape index (κ3) is 5.44. The Balaban J connectivity index is 1.59. The molecule has 0 saturated carbocycles. The smallest absolute Gasteiger partial charge is 0.226 e. The van der Waals surface area contributed by atoms with Gasteiger partial charge in [0.15, 0.2) is 5.82 Å². The first kappa shape index (κ1) is 16.4. The maximum absolute atomic E-state index is 11.7. The number of carbonyl (C=O) groups excluding carboxylic acids is 1. The maximum atomic E-state index is 11.7. The van der Waals surface area contributed by atoms with Gasteiger partial charge < -0.3 is 14.6 Å². The van der Waals surface area contributed by atoms with Gasteiger partial charge in [-0.1, -0.05) is 17.3 Å². The minimum absolute atomic E-state index is 0.0368. The second kappa shape index (κ2) is 8.48. The predicted molar refractivity (Wildman–Crippen MR) is 88.5 cm³/mol. The van der Waals surface area contributed by atoms with Crippen LogP contribution in [0.2, 0.25) is 0 Å². The van der Waals surface area contributed by atoms with E-state index in [2.05, 4.69) is 22.6 Å². The molecular formula is C16H20N2O3S. The van der Waals surface area contributed by atoms with Gasteiger partial charge in [-0.05, 0) is 36.8 Å². The zero-order valence-corrected chi connectivity index (χ0v) is 13.6. The molecule has 5 nitrogen and oxygen atoms in total. The second-order valence-corrected chi connectivity index (χ2v) is 6.06. The SMILES string of the molecule is COc1ccc(CCSCCC(=O)Nc2cc(C)on2)cc1. The minimum Gasteiger partial charge on any atom is -0.497 e. The van der Waals surface area contributed by atoms with Gasteiger partial charge >= 0.3 is 0 Å². The van der Waals surface area contributed by atoms with Crippen molar-refractivity contribution in [2.45, 2.75) is 19.8 Å². The maximum Gasteiger partial charge on any atom is 0.226 e. The third-order valence-corrected chi connectivity index (χ3v) is 4.05. The molecule has 1 N–H and O–H groups in total. The first-order chi connectivity index (χ1) is 10.7. The molecule has 0 aliphatic carbocycles. The Bertz CT molecular complexity index is 596. The van der Waals surface area contributed by atoms with Gasteiger partial charge in [-0.3, -0.25) is 4.79 Å². The molecule has 0 saturated heterocycles. The van der Waals surface area contributed by atoms with E-state index in [1.165, 1.54) is 5.56 Å². The van der Waals surface area contributed by atoms with E-state index in [4.69, 9.17) is 9.26 Å². The Morgan fingerprint density at radius 2 is 2.09 bits per heavy atom. The molecule has 118 valence electrons. The summed E-state index contributed by atoms with van der Waals surface area (Å²) in [7, 11) is 1.66. The molecule has 6 heteroatoms. The van der Waals surface area contributed by atoms with Crippen molar-refractivity contribution in [3.05, 3.63) is 41.7 Å². The van der Waals surface area contributed by atoms with Gasteiger partial charge in [0, 0.05) is 18.2 Å². The third-order valence-electron chi connectivity index (χ3n) is 3.06. The van der Waals surface area contributed by atoms with Crippen LogP contribution in [0, 0.1) is 6.92 Å². The van der Waals surface area contributed by atoms with E-state index in [1.807, 2.05) is 12.1 Å². The lowest BCUT2D eigenvalue weighted by Gasteiger charge is -2.04. The second-order valence-electron chi connectivity index (χ2n) is 4.83. The number of methoxy groups -OCH3 is 1. The van der Waals surface area contributed by atoms with Crippen molar-refractivity contribution in [2.75, 3.05) is 23.9 Å². The molecule has 0 aliphatic heterocycles. The molecule has 0 atom stereocenters. The van der Waals surface area contributed by atoms with Crippen LogP contribution in [-0.2, 0) is 11.2 Å². The number of thioether (sulfide) groups is 1. The lowest BCUT2D eigenvalue weighted by Crippen LogP contribution is -2.12. The van der Waals surface area contributed by atoms with Crippen LogP contribution >= 0.6 is 11.8 Å². The molecule has 22 heavy (non-hydrogen) atoms. The summed E-state index contributed by atoms with van der Waals surface area (Å²) in [6, 6.07) is 9.77. The first-order valence-electron chi connectivity index (χ1n) is 7.11. The van der Waals surface area contributed by atoms with E-state index in [-0.39, 0.29) is 5.91 Å². The Labute approximate surface area is 134 Å². The summed E-state index contributed by atoms with van der Waals surface area (Å²) in [6.07, 6.45) is 1.46. The molecule has 0 fully saturated rings. The van der Waals surface area contributed by atoms with Gasteiger partial charge in [0.05, 0.1) is 7.11 Å². The molecule has 1 amide bonds. The van der Waals surface area contributed by atoms with Crippen LogP contribution in [0.25, 0.3) is 0 Å². The Morgan fingerprint density at radius 1 is 1.32 bits per heavy atom. The van der Waals surface area contributed by atoms with Gasteiger partial charge in [0.1, 0.15) is 11.5 Å². The van der Waals surface area contributed by atoms with Crippen molar-refractivity contribution >= 4 is 23.5 Å². The normalized spacial score (nSPS) is 10.5. The molecule has 0 spiro atoms. The number of carbonyl (C=O) groups is 1. The van der Waals surface area contributed by atoms with Crippen molar-refractivity contribution in [1.82, 2.24) is 5.16 Å². The monoisotopic (exact) mass is 320 g/mol. The fourth-order valence-corrected chi connectivity index (χ4v) is 2.79. The molecule has 1 aromatic carbocycles. The van der Waals surface area contributed by atoms with Crippen molar-refractivity contribution in [2.24, 2.45) is 0 Å². The van der Waals surface area contributed by atoms with Crippen molar-refractivity contribution in [1.29, 1.82) is 0 Å². The number of amides is 1. The van der Waals surface area contributed by atoms with Crippen LogP contribution in [-0.4, -0.2) is 29.7 Å². The summed E-state index contributed by atoms with van der Waals surface area (Å²) in [5, 5.41) is 6.44. The van der Waals surface area contributed by atoms with Crippen LogP contribution < -0.4 is 10.1 Å². The highest BCUT2D eigenvalue weighted by atomic mass is 32.2. The average Bonchev–Trinajstić information content (AvgIpc) is 2.92. The highest BCUT2D eigenvalue weighted by molar-refractivity contribution is 7.99. The lowest BCUT2D eigenvalue weighted by atomic mass is 10.2. The molecule has 2 rings (SSSR count). The largest absolute Gasteiger partial charge is 0.497 e. The van der Waals surface area contributed by atoms with E-state index in [9.17, 15) is 4.79 Å². The van der Waals surface area contributed by atoms with Crippen molar-refractivity contribution in [3.8, 4) is 5.75 Å². The predicted octanol–water partition coefficient (Wildman–Crippen LogP) is 3.30. The van der Waals surface area contributed by atoms with Crippen LogP contribution in [0.4, 0.5) is 5.82 Å². The van der Waals surface area contributed by atoms with E-state index < -0.39 is 0 Å². The minimum atomic E-state index is -0.0368. The summed E-state index contributed by atoms with van der Waals surface area (Å²) in [4.78, 5) is 11.7. The van der Waals surface area contributed by atoms with Gasteiger partial charge in [-0.2, -0.15) is 11.8 Å². The number of hydrogen-bond donors (Lipinski definition) is 1. The zero-order valence-electron chi connectivity index (χ0n) is 12.8. The van der Waals surface area contributed by atoms with Crippen molar-refractivity contribution < 1.29 is 14.1 Å². The van der Waals surface area contributed by atoms with E-state index in [0.717, 1.165) is 23.7 Å². The summed E-state index contributed by atoms with van der Waals surface area (Å²) >= 11 is 1.77. The Kier molecular flexibility index (Phi) is 6.33. The fraction of sp³-hybridized carbons (Fsp3) is 0.375. The number of hydrogen-bond acceptors (Lipinski definition) is 5. The molecule has 2 aromatic rings. The highest BCUT2D eigenvalue weighted by Crippen LogP contribution is 2.14. The van der Waals surface area contributed by atoms with Crippen LogP contribution in [0.5, 0.6) is 5.75 Å². The van der Waals surface area contributed by atoms with Gasteiger partial charge in [-0.25, -0.2) is 0 Å². The van der Waals surface area contributed by atoms with E-state index >= 15 is 0 Å². The number of aromatic nitrogens is 1. The van der Waals surface area contributed by atoms with Crippen LogP contribution in [0.15, 0.2) is 34.9 Å². The molecule has 0 radical (unpaired) electrons. The van der Waals surface area contributed by atoms with Crippen molar-refractivity contribution in [3.63, 3.8) is 0 Å². The average molecular weight is 320 g/mol. The fourth-order valence-electron chi connectivity index (χ4n) is 1.88. The Morgan fingerprint density at radius 3 is 2.73 bits per heavy atom. The number of anilines is 1. The van der Waals surface area contributed by atoms with E-state index in [0.29, 0.717) is 18.0 Å². The summed E-state index contributed by atoms with van der Waals surface area (Å²) in [5.74, 6) is 3.78. The molecule has 1 heterocycles. The number of aryl methyl sites for hydroxylation is 2. The summed E-state index contributed by atoms with van der Waals surface area (Å²) in [5.41, 5.74) is 1.27. The topological polar surface area (TPSA) is 64.4 Å². The van der Waals surface area contributed by atoms with Gasteiger partial charge in [0.25, 0.3) is 0 Å². The summed E-state index contributed by atoms with van der Waals surface area (Å²) < 4.78 is 10.0. The lowest BCUT2D eigenvalue weighted by molar-refractivity contribution is -0.115. The number of ether oxygens (including phenoxy) is 1. The number of rotatable bonds is 8.